The van der Waals surface area contributed by atoms with Crippen LogP contribution >= 0.6 is 0 Å². The summed E-state index contributed by atoms with van der Waals surface area (Å²) in [6.07, 6.45) is 3.99. The van der Waals surface area contributed by atoms with E-state index in [0.717, 1.165) is 18.5 Å². The van der Waals surface area contributed by atoms with Gasteiger partial charge in [-0.2, -0.15) is 0 Å². The fraction of sp³-hybridized carbons (Fsp3) is 0.714. The third-order valence-electron chi connectivity index (χ3n) is 3.80. The predicted molar refractivity (Wildman–Crippen MR) is 80.1 cm³/mol. The maximum Gasteiger partial charge on any atom is 0.242 e. The number of sulfonamides is 1. The van der Waals surface area contributed by atoms with Crippen molar-refractivity contribution in [3.63, 3.8) is 0 Å². The summed E-state index contributed by atoms with van der Waals surface area (Å²) in [5.41, 5.74) is 0.988. The van der Waals surface area contributed by atoms with Crippen molar-refractivity contribution in [2.45, 2.75) is 57.1 Å². The van der Waals surface area contributed by atoms with Gasteiger partial charge in [-0.25, -0.2) is 13.1 Å². The normalized spacial score (nSPS) is 17.6. The van der Waals surface area contributed by atoms with Crippen molar-refractivity contribution < 1.29 is 8.42 Å². The highest BCUT2D eigenvalue weighted by molar-refractivity contribution is 7.89. The van der Waals surface area contributed by atoms with Crippen molar-refractivity contribution in [1.29, 1.82) is 0 Å². The molecule has 1 heterocycles. The molecule has 6 heteroatoms. The Morgan fingerprint density at radius 2 is 2.00 bits per heavy atom. The second-order valence-corrected chi connectivity index (χ2v) is 7.66. The van der Waals surface area contributed by atoms with Crippen LogP contribution in [0.2, 0.25) is 0 Å². The van der Waals surface area contributed by atoms with E-state index in [1.807, 2.05) is 18.5 Å². The van der Waals surface area contributed by atoms with E-state index < -0.39 is 10.0 Å². The molecule has 1 aliphatic carbocycles. The highest BCUT2D eigenvalue weighted by Gasteiger charge is 2.31. The zero-order valence-corrected chi connectivity index (χ0v) is 13.5. The van der Waals surface area contributed by atoms with Crippen molar-refractivity contribution in [2.24, 2.45) is 5.92 Å². The summed E-state index contributed by atoms with van der Waals surface area (Å²) >= 11 is 0. The molecule has 2 rings (SSSR count). The molecule has 5 nitrogen and oxygen atoms in total. The van der Waals surface area contributed by atoms with Gasteiger partial charge in [0, 0.05) is 30.5 Å². The lowest BCUT2D eigenvalue weighted by Crippen LogP contribution is -2.33. The van der Waals surface area contributed by atoms with Crippen LogP contribution in [0.4, 0.5) is 0 Å². The smallest absolute Gasteiger partial charge is 0.242 e. The first-order chi connectivity index (χ1) is 9.35. The Morgan fingerprint density at radius 3 is 2.50 bits per heavy atom. The van der Waals surface area contributed by atoms with E-state index in [1.54, 1.807) is 12.3 Å². The molecule has 2 N–H and O–H groups in total. The van der Waals surface area contributed by atoms with E-state index in [1.165, 1.54) is 0 Å². The molecule has 1 atom stereocenters. The van der Waals surface area contributed by atoms with Gasteiger partial charge in [0.15, 0.2) is 0 Å². The van der Waals surface area contributed by atoms with Crippen LogP contribution in [0.1, 0.15) is 45.3 Å². The summed E-state index contributed by atoms with van der Waals surface area (Å²) < 4.78 is 29.6. The highest BCUT2D eigenvalue weighted by atomic mass is 32.2. The van der Waals surface area contributed by atoms with Gasteiger partial charge in [-0.3, -0.25) is 0 Å². The Balaban J connectivity index is 2.24. The van der Waals surface area contributed by atoms with E-state index in [0.29, 0.717) is 17.4 Å². The van der Waals surface area contributed by atoms with Crippen molar-refractivity contribution in [2.75, 3.05) is 7.05 Å². The Morgan fingerprint density at radius 1 is 1.35 bits per heavy atom. The molecule has 114 valence electrons. The van der Waals surface area contributed by atoms with E-state index in [4.69, 9.17) is 0 Å². The van der Waals surface area contributed by atoms with Gasteiger partial charge in [-0.15, -0.1) is 0 Å². The molecule has 1 saturated carbocycles. The van der Waals surface area contributed by atoms with Crippen LogP contribution in [0.5, 0.6) is 0 Å². The van der Waals surface area contributed by atoms with E-state index in [-0.39, 0.29) is 12.1 Å². The van der Waals surface area contributed by atoms with Crippen molar-refractivity contribution in [3.8, 4) is 0 Å². The van der Waals surface area contributed by atoms with Gasteiger partial charge in [-0.05, 0) is 52.6 Å². The van der Waals surface area contributed by atoms with Crippen molar-refractivity contribution in [3.05, 3.63) is 18.0 Å². The van der Waals surface area contributed by atoms with E-state index in [2.05, 4.69) is 23.9 Å². The predicted octanol–water partition coefficient (Wildman–Crippen LogP) is 1.87. The second kappa shape index (κ2) is 5.87. The zero-order chi connectivity index (χ0) is 14.9. The Bertz CT molecular complexity index is 559. The molecule has 1 aromatic rings. The Hall–Kier alpha value is -0.850. The molecule has 1 aromatic heterocycles. The molecule has 1 unspecified atom stereocenters. The van der Waals surface area contributed by atoms with Gasteiger partial charge < -0.3 is 9.88 Å². The van der Waals surface area contributed by atoms with Crippen LogP contribution in [-0.4, -0.2) is 26.1 Å². The molecule has 20 heavy (non-hydrogen) atoms. The first-order valence-corrected chi connectivity index (χ1v) is 8.71. The molecular weight excluding hydrogens is 274 g/mol. The third kappa shape index (κ3) is 3.42. The molecule has 0 saturated heterocycles. The number of rotatable bonds is 7. The first-order valence-electron chi connectivity index (χ1n) is 7.23. The Labute approximate surface area is 121 Å². The summed E-state index contributed by atoms with van der Waals surface area (Å²) in [5, 5.41) is 3.08. The quantitative estimate of drug-likeness (QED) is 0.808. The van der Waals surface area contributed by atoms with Gasteiger partial charge in [0.1, 0.15) is 0 Å². The first kappa shape index (κ1) is 15.5. The molecule has 0 aliphatic heterocycles. The summed E-state index contributed by atoms with van der Waals surface area (Å²) in [6, 6.07) is 2.02. The van der Waals surface area contributed by atoms with Crippen LogP contribution in [0.15, 0.2) is 17.2 Å². The molecule has 1 aliphatic rings. The standard InChI is InChI=1S/C14H25N3O2S/c1-10(2)17-9-14(7-13(17)8-15-4)20(18,19)16-11(3)12-5-6-12/h7,9-12,15-16H,5-6,8H2,1-4H3. The lowest BCUT2D eigenvalue weighted by molar-refractivity contribution is 0.536. The number of hydrogen-bond acceptors (Lipinski definition) is 3. The SMILES string of the molecule is CNCc1cc(S(=O)(=O)NC(C)C2CC2)cn1C(C)C. The van der Waals surface area contributed by atoms with Gasteiger partial charge >= 0.3 is 0 Å². The maximum absolute atomic E-state index is 12.4. The topological polar surface area (TPSA) is 63.1 Å². The zero-order valence-electron chi connectivity index (χ0n) is 12.7. The number of aromatic nitrogens is 1. The lowest BCUT2D eigenvalue weighted by atomic mass is 10.2. The molecule has 0 radical (unpaired) electrons. The summed E-state index contributed by atoms with van der Waals surface area (Å²) in [5.74, 6) is 0.508. The van der Waals surface area contributed by atoms with Crippen LogP contribution in [0.3, 0.4) is 0 Å². The molecule has 0 spiro atoms. The summed E-state index contributed by atoms with van der Waals surface area (Å²) in [6.45, 7) is 6.71. The largest absolute Gasteiger partial charge is 0.346 e. The summed E-state index contributed by atoms with van der Waals surface area (Å²) in [4.78, 5) is 0.365. The fourth-order valence-electron chi connectivity index (χ4n) is 2.45. The number of hydrogen-bond donors (Lipinski definition) is 2. The average molecular weight is 299 g/mol. The molecule has 0 aromatic carbocycles. The van der Waals surface area contributed by atoms with Gasteiger partial charge in [-0.1, -0.05) is 0 Å². The van der Waals surface area contributed by atoms with E-state index in [9.17, 15) is 8.42 Å². The Kier molecular flexibility index (Phi) is 4.56. The highest BCUT2D eigenvalue weighted by Crippen LogP contribution is 2.33. The van der Waals surface area contributed by atoms with Gasteiger partial charge in [0.25, 0.3) is 0 Å². The summed E-state index contributed by atoms with van der Waals surface area (Å²) in [7, 11) is -1.56. The average Bonchev–Trinajstić information content (AvgIpc) is 3.10. The lowest BCUT2D eigenvalue weighted by Gasteiger charge is -2.13. The fourth-order valence-corrected chi connectivity index (χ4v) is 3.81. The van der Waals surface area contributed by atoms with Crippen molar-refractivity contribution >= 4 is 10.0 Å². The van der Waals surface area contributed by atoms with Crippen LogP contribution in [0.25, 0.3) is 0 Å². The minimum atomic E-state index is -3.42. The molecule has 0 bridgehead atoms. The third-order valence-corrected chi connectivity index (χ3v) is 5.33. The molecule has 0 amide bonds. The van der Waals surface area contributed by atoms with Crippen LogP contribution in [-0.2, 0) is 16.6 Å². The van der Waals surface area contributed by atoms with Crippen molar-refractivity contribution in [1.82, 2.24) is 14.6 Å². The number of nitrogens with one attached hydrogen (secondary N) is 2. The van der Waals surface area contributed by atoms with Gasteiger partial charge in [0.2, 0.25) is 10.0 Å². The minimum absolute atomic E-state index is 0.0233. The van der Waals surface area contributed by atoms with E-state index >= 15 is 0 Å². The minimum Gasteiger partial charge on any atom is -0.346 e. The number of nitrogens with zero attached hydrogens (tertiary/aromatic N) is 1. The van der Waals surface area contributed by atoms with Gasteiger partial charge in [0.05, 0.1) is 4.90 Å². The monoisotopic (exact) mass is 299 g/mol. The second-order valence-electron chi connectivity index (χ2n) is 5.95. The van der Waals surface area contributed by atoms with Crippen LogP contribution in [0, 0.1) is 5.92 Å². The van der Waals surface area contributed by atoms with Crippen LogP contribution < -0.4 is 10.0 Å². The molecular formula is C14H25N3O2S. The molecule has 1 fully saturated rings. The maximum atomic E-state index is 12.4.